The number of aromatic hydroxyl groups is 2. The van der Waals surface area contributed by atoms with Crippen LogP contribution in [0.25, 0.3) is 0 Å². The molecule has 0 aromatic heterocycles. The first-order chi connectivity index (χ1) is 26.0. The molecule has 0 saturated carbocycles. The maximum Gasteiger partial charge on any atom is 0.306 e. The number of ether oxygens (including phenoxy) is 2. The highest BCUT2D eigenvalue weighted by Crippen LogP contribution is 2.41. The molecule has 0 radical (unpaired) electrons. The third-order valence-electron chi connectivity index (χ3n) is 9.87. The molecule has 56 heavy (non-hydrogen) atoms. The Morgan fingerprint density at radius 1 is 0.464 bits per heavy atom. The van der Waals surface area contributed by atoms with Crippen molar-refractivity contribution in [2.75, 3.05) is 36.2 Å². The van der Waals surface area contributed by atoms with Crippen LogP contribution in [-0.4, -0.2) is 58.4 Å². The van der Waals surface area contributed by atoms with Crippen LogP contribution in [0, 0.1) is 0 Å². The summed E-state index contributed by atoms with van der Waals surface area (Å²) >= 11 is 3.54. The molecule has 6 nitrogen and oxygen atoms in total. The molecule has 0 bridgehead atoms. The van der Waals surface area contributed by atoms with Gasteiger partial charge < -0.3 is 19.7 Å². The van der Waals surface area contributed by atoms with E-state index in [1.807, 2.05) is 24.3 Å². The van der Waals surface area contributed by atoms with Crippen molar-refractivity contribution in [1.29, 1.82) is 0 Å². The van der Waals surface area contributed by atoms with Gasteiger partial charge in [-0.3, -0.25) is 9.59 Å². The zero-order chi connectivity index (χ0) is 41.9. The molecule has 0 unspecified atom stereocenters. The Hall–Kier alpha value is -3.10. The van der Waals surface area contributed by atoms with E-state index in [2.05, 4.69) is 107 Å². The second-order valence-corrected chi connectivity index (χ2v) is 21.5. The maximum absolute atomic E-state index is 12.4. The predicted molar refractivity (Wildman–Crippen MR) is 238 cm³/mol. The van der Waals surface area contributed by atoms with Gasteiger partial charge in [0.2, 0.25) is 0 Å². The Kier molecular flexibility index (Phi) is 17.3. The first-order valence-electron chi connectivity index (χ1n) is 20.2. The second-order valence-electron chi connectivity index (χ2n) is 19.1. The fourth-order valence-corrected chi connectivity index (χ4v) is 8.23. The standard InChI is InChI=1S/C48H70O6S2/c1-45(2,3)37-29-35(30-38(43(37)51)46(4,5)6)17-23-53-41(49)21-27-55-25-19-33-13-15-34(16-14-33)20-26-56-28-22-42(50)54-24-18-36-31-39(47(7,8)9)44(52)40(32-36)48(10,11)12/h13-16,29-32,51-52H,17-28H2,1-12H3. The third kappa shape index (κ3) is 15.3. The lowest BCUT2D eigenvalue weighted by atomic mass is 9.78. The van der Waals surface area contributed by atoms with Gasteiger partial charge in [0.25, 0.3) is 0 Å². The van der Waals surface area contributed by atoms with Crippen LogP contribution in [0.15, 0.2) is 48.5 Å². The van der Waals surface area contributed by atoms with E-state index in [4.69, 9.17) is 9.47 Å². The van der Waals surface area contributed by atoms with E-state index in [0.29, 0.717) is 50.4 Å². The molecule has 0 spiro atoms. The molecule has 0 amide bonds. The number of hydrogen-bond donors (Lipinski definition) is 2. The normalized spacial score (nSPS) is 12.5. The number of aryl methyl sites for hydroxylation is 2. The van der Waals surface area contributed by atoms with Crippen molar-refractivity contribution in [3.05, 3.63) is 93.0 Å². The summed E-state index contributed by atoms with van der Waals surface area (Å²) in [6, 6.07) is 17.0. The summed E-state index contributed by atoms with van der Waals surface area (Å²) in [7, 11) is 0. The number of carbonyl (C=O) groups excluding carboxylic acids is 2. The Labute approximate surface area is 347 Å². The van der Waals surface area contributed by atoms with Crippen LogP contribution < -0.4 is 0 Å². The molecule has 0 saturated heterocycles. The van der Waals surface area contributed by atoms with Crippen LogP contribution in [-0.2, 0) is 66.4 Å². The van der Waals surface area contributed by atoms with Gasteiger partial charge in [0, 0.05) is 24.3 Å². The van der Waals surface area contributed by atoms with Crippen LogP contribution in [0.4, 0.5) is 0 Å². The molecule has 0 fully saturated rings. The van der Waals surface area contributed by atoms with Crippen molar-refractivity contribution >= 4 is 35.5 Å². The Morgan fingerprint density at radius 3 is 1.02 bits per heavy atom. The Morgan fingerprint density at radius 2 is 0.750 bits per heavy atom. The van der Waals surface area contributed by atoms with Crippen LogP contribution in [0.3, 0.4) is 0 Å². The van der Waals surface area contributed by atoms with E-state index in [1.54, 1.807) is 23.5 Å². The molecule has 0 heterocycles. The number of thioether (sulfide) groups is 2. The van der Waals surface area contributed by atoms with E-state index >= 15 is 0 Å². The van der Waals surface area contributed by atoms with Gasteiger partial charge in [-0.15, -0.1) is 0 Å². The molecule has 3 rings (SSSR count). The van der Waals surface area contributed by atoms with E-state index in [0.717, 1.165) is 69.2 Å². The zero-order valence-corrected chi connectivity index (χ0v) is 38.1. The molecular formula is C48H70O6S2. The fourth-order valence-electron chi connectivity index (χ4n) is 6.44. The number of esters is 2. The average Bonchev–Trinajstić information content (AvgIpc) is 3.07. The van der Waals surface area contributed by atoms with Crippen LogP contribution in [0.2, 0.25) is 0 Å². The molecule has 8 heteroatoms. The SMILES string of the molecule is CC(C)(C)c1cc(CCOC(=O)CCSCCc2ccc(CCSCCC(=O)OCCc3cc(C(C)(C)C)c(O)c(C(C)(C)C)c3)cc2)cc(C(C)(C)C)c1O. The summed E-state index contributed by atoms with van der Waals surface area (Å²) in [5, 5.41) is 21.9. The summed E-state index contributed by atoms with van der Waals surface area (Å²) in [4.78, 5) is 24.9. The van der Waals surface area contributed by atoms with E-state index in [-0.39, 0.29) is 33.6 Å². The number of carbonyl (C=O) groups is 2. The number of phenols is 2. The minimum Gasteiger partial charge on any atom is -0.507 e. The highest BCUT2D eigenvalue weighted by molar-refractivity contribution is 7.99. The molecule has 3 aromatic carbocycles. The van der Waals surface area contributed by atoms with Crippen molar-refractivity contribution in [3.8, 4) is 11.5 Å². The van der Waals surface area contributed by atoms with Gasteiger partial charge in [0.15, 0.2) is 0 Å². The minimum atomic E-state index is -0.191. The topological polar surface area (TPSA) is 93.1 Å². The highest BCUT2D eigenvalue weighted by atomic mass is 32.2. The smallest absolute Gasteiger partial charge is 0.306 e. The van der Waals surface area contributed by atoms with Crippen LogP contribution >= 0.6 is 23.5 Å². The van der Waals surface area contributed by atoms with Gasteiger partial charge in [-0.1, -0.05) is 132 Å². The molecule has 0 aliphatic heterocycles. The van der Waals surface area contributed by atoms with Gasteiger partial charge in [-0.05, 0) is 90.5 Å². The zero-order valence-electron chi connectivity index (χ0n) is 36.4. The lowest BCUT2D eigenvalue weighted by Crippen LogP contribution is -2.18. The molecular weight excluding hydrogens is 737 g/mol. The fraction of sp³-hybridized carbons (Fsp3) is 0.583. The second kappa shape index (κ2) is 20.5. The molecule has 2 N–H and O–H groups in total. The van der Waals surface area contributed by atoms with E-state index in [9.17, 15) is 19.8 Å². The van der Waals surface area contributed by atoms with E-state index in [1.165, 1.54) is 11.1 Å². The largest absolute Gasteiger partial charge is 0.507 e. The predicted octanol–water partition coefficient (Wildman–Crippen LogP) is 11.2. The summed E-state index contributed by atoms with van der Waals surface area (Å²) in [6.07, 6.45) is 3.93. The molecule has 310 valence electrons. The van der Waals surface area contributed by atoms with Crippen molar-refractivity contribution < 1.29 is 29.3 Å². The first-order valence-corrected chi connectivity index (χ1v) is 22.6. The molecule has 0 atom stereocenters. The Balaban J connectivity index is 1.28. The first kappa shape index (κ1) is 47.3. The number of phenolic OH excluding ortho intramolecular Hbond substituents is 2. The van der Waals surface area contributed by atoms with Crippen molar-refractivity contribution in [2.45, 2.75) is 143 Å². The molecule has 0 aliphatic rings. The number of rotatable bonds is 18. The summed E-state index contributed by atoms with van der Waals surface area (Å²) in [5.41, 5.74) is 7.65. The lowest BCUT2D eigenvalue weighted by molar-refractivity contribution is -0.143. The number of hydrogen-bond acceptors (Lipinski definition) is 8. The van der Waals surface area contributed by atoms with E-state index < -0.39 is 0 Å². The van der Waals surface area contributed by atoms with Crippen molar-refractivity contribution in [3.63, 3.8) is 0 Å². The average molecular weight is 807 g/mol. The van der Waals surface area contributed by atoms with Gasteiger partial charge in [-0.2, -0.15) is 23.5 Å². The van der Waals surface area contributed by atoms with Crippen LogP contribution in [0.1, 0.15) is 140 Å². The van der Waals surface area contributed by atoms with Crippen LogP contribution in [0.5, 0.6) is 11.5 Å². The Bertz CT molecular complexity index is 1540. The monoisotopic (exact) mass is 806 g/mol. The summed E-state index contributed by atoms with van der Waals surface area (Å²) in [6.45, 7) is 25.9. The quantitative estimate of drug-likeness (QED) is 0.0970. The third-order valence-corrected chi connectivity index (χ3v) is 11.8. The minimum absolute atomic E-state index is 0.169. The van der Waals surface area contributed by atoms with Crippen molar-refractivity contribution in [1.82, 2.24) is 0 Å². The summed E-state index contributed by atoms with van der Waals surface area (Å²) in [5.74, 6) is 3.76. The maximum atomic E-state index is 12.4. The van der Waals surface area contributed by atoms with Gasteiger partial charge in [-0.25, -0.2) is 0 Å². The van der Waals surface area contributed by atoms with Gasteiger partial charge >= 0.3 is 11.9 Å². The molecule has 0 aliphatic carbocycles. The van der Waals surface area contributed by atoms with Gasteiger partial charge in [0.1, 0.15) is 11.5 Å². The number of benzene rings is 3. The van der Waals surface area contributed by atoms with Gasteiger partial charge in [0.05, 0.1) is 26.1 Å². The summed E-state index contributed by atoms with van der Waals surface area (Å²) < 4.78 is 11.2. The molecule has 3 aromatic rings. The lowest BCUT2D eigenvalue weighted by Gasteiger charge is -2.28. The van der Waals surface area contributed by atoms with Crippen molar-refractivity contribution in [2.24, 2.45) is 0 Å². The highest BCUT2D eigenvalue weighted by Gasteiger charge is 2.28.